The van der Waals surface area contributed by atoms with Gasteiger partial charge in [0.05, 0.1) is 0 Å². The summed E-state index contributed by atoms with van der Waals surface area (Å²) in [6.45, 7) is -0.238. The Balaban J connectivity index is 2.09. The molecular weight excluding hydrogens is 196 g/mol. The lowest BCUT2D eigenvalue weighted by Gasteiger charge is -2.17. The van der Waals surface area contributed by atoms with E-state index in [2.05, 4.69) is 4.74 Å². The molecule has 0 amide bonds. The van der Waals surface area contributed by atoms with Crippen LogP contribution in [0.1, 0.15) is 19.3 Å². The zero-order chi connectivity index (χ0) is 10.8. The molecule has 1 aliphatic carbocycles. The second kappa shape index (κ2) is 3.96. The lowest BCUT2D eigenvalue weighted by Crippen LogP contribution is -2.32. The van der Waals surface area contributed by atoms with Crippen LogP contribution in [-0.4, -0.2) is 24.1 Å². The average molecular weight is 208 g/mol. The molecule has 4 heteroatoms. The molecule has 2 aliphatic rings. The average Bonchev–Trinajstić information content (AvgIpc) is 2.59. The molecule has 0 N–H and O–H groups in total. The van der Waals surface area contributed by atoms with Crippen LogP contribution in [-0.2, 0) is 19.1 Å². The summed E-state index contributed by atoms with van der Waals surface area (Å²) >= 11 is 0. The second-order valence-electron chi connectivity index (χ2n) is 3.89. The first-order valence-corrected chi connectivity index (χ1v) is 5.08. The van der Waals surface area contributed by atoms with Gasteiger partial charge in [-0.05, 0) is 19.3 Å². The van der Waals surface area contributed by atoms with Gasteiger partial charge in [0, 0.05) is 5.92 Å². The summed E-state index contributed by atoms with van der Waals surface area (Å²) in [5.41, 5.74) is 0. The molecule has 0 bridgehead atoms. The van der Waals surface area contributed by atoms with Crippen LogP contribution in [0.3, 0.4) is 0 Å². The smallest absolute Gasteiger partial charge is 0.324 e. The number of ketones is 2. The maximum Gasteiger partial charge on any atom is 0.324 e. The van der Waals surface area contributed by atoms with E-state index in [4.69, 9.17) is 0 Å². The summed E-state index contributed by atoms with van der Waals surface area (Å²) in [4.78, 5) is 34.3. The third kappa shape index (κ3) is 1.84. The molecule has 0 radical (unpaired) electrons. The maximum atomic E-state index is 11.9. The number of carbonyl (C=O) groups is 3. The summed E-state index contributed by atoms with van der Waals surface area (Å²) in [5.74, 6) is -2.64. The Hall–Kier alpha value is -1.45. The van der Waals surface area contributed by atoms with E-state index < -0.39 is 11.9 Å². The monoisotopic (exact) mass is 208 g/mol. The van der Waals surface area contributed by atoms with Crippen LogP contribution >= 0.6 is 0 Å². The van der Waals surface area contributed by atoms with E-state index in [9.17, 15) is 14.4 Å². The SMILES string of the molecule is O=C1COC(=O)C1C(=O)C1CC=CCC1. The van der Waals surface area contributed by atoms with Gasteiger partial charge in [0.25, 0.3) is 0 Å². The number of rotatable bonds is 2. The molecule has 80 valence electrons. The minimum absolute atomic E-state index is 0.186. The summed E-state index contributed by atoms with van der Waals surface area (Å²) in [6, 6.07) is 0. The van der Waals surface area contributed by atoms with Crippen molar-refractivity contribution in [3.05, 3.63) is 12.2 Å². The summed E-state index contributed by atoms with van der Waals surface area (Å²) in [7, 11) is 0. The van der Waals surface area contributed by atoms with Crippen LogP contribution in [0.25, 0.3) is 0 Å². The quantitative estimate of drug-likeness (QED) is 0.380. The fraction of sp³-hybridized carbons (Fsp3) is 0.545. The van der Waals surface area contributed by atoms with E-state index in [-0.39, 0.29) is 24.1 Å². The van der Waals surface area contributed by atoms with E-state index in [0.717, 1.165) is 12.8 Å². The zero-order valence-corrected chi connectivity index (χ0v) is 8.27. The molecule has 1 aliphatic heterocycles. The lowest BCUT2D eigenvalue weighted by molar-refractivity contribution is -0.146. The highest BCUT2D eigenvalue weighted by molar-refractivity contribution is 6.21. The molecule has 2 atom stereocenters. The standard InChI is InChI=1S/C11H12O4/c12-8-6-15-11(14)9(8)10(13)7-4-2-1-3-5-7/h1-2,7,9H,3-6H2. The van der Waals surface area contributed by atoms with Gasteiger partial charge in [-0.25, -0.2) is 0 Å². The molecule has 0 spiro atoms. The molecule has 0 aromatic heterocycles. The van der Waals surface area contributed by atoms with Gasteiger partial charge in [0.2, 0.25) is 0 Å². The van der Waals surface area contributed by atoms with Crippen LogP contribution in [0.2, 0.25) is 0 Å². The predicted octanol–water partition coefficient (Wildman–Crippen LogP) is 0.654. The zero-order valence-electron chi connectivity index (χ0n) is 8.27. The molecule has 4 nitrogen and oxygen atoms in total. The van der Waals surface area contributed by atoms with Crippen molar-refractivity contribution in [2.45, 2.75) is 19.3 Å². The number of esters is 1. The Kier molecular flexibility index (Phi) is 2.66. The molecule has 0 aromatic rings. The lowest BCUT2D eigenvalue weighted by atomic mass is 9.83. The van der Waals surface area contributed by atoms with Crippen molar-refractivity contribution in [2.75, 3.05) is 6.61 Å². The first-order valence-electron chi connectivity index (χ1n) is 5.08. The van der Waals surface area contributed by atoms with Crippen LogP contribution in [0.4, 0.5) is 0 Å². The largest absolute Gasteiger partial charge is 0.457 e. The molecule has 1 fully saturated rings. The van der Waals surface area contributed by atoms with Crippen molar-refractivity contribution in [3.63, 3.8) is 0 Å². The van der Waals surface area contributed by atoms with Gasteiger partial charge in [-0.2, -0.15) is 0 Å². The normalized spacial score (nSPS) is 30.4. The third-order valence-corrected chi connectivity index (χ3v) is 2.87. The van der Waals surface area contributed by atoms with Crippen LogP contribution in [0.5, 0.6) is 0 Å². The maximum absolute atomic E-state index is 11.9. The molecule has 0 saturated carbocycles. The topological polar surface area (TPSA) is 60.4 Å². The number of hydrogen-bond donors (Lipinski definition) is 0. The van der Waals surface area contributed by atoms with Crippen LogP contribution in [0.15, 0.2) is 12.2 Å². The van der Waals surface area contributed by atoms with Crippen molar-refractivity contribution in [3.8, 4) is 0 Å². The van der Waals surface area contributed by atoms with Gasteiger partial charge < -0.3 is 4.74 Å². The summed E-state index contributed by atoms with van der Waals surface area (Å²) < 4.78 is 4.56. The van der Waals surface area contributed by atoms with E-state index in [1.165, 1.54) is 0 Å². The Morgan fingerprint density at radius 2 is 2.13 bits per heavy atom. The van der Waals surface area contributed by atoms with E-state index in [0.29, 0.717) is 6.42 Å². The van der Waals surface area contributed by atoms with E-state index in [1.807, 2.05) is 12.2 Å². The predicted molar refractivity (Wildman–Crippen MR) is 50.9 cm³/mol. The van der Waals surface area contributed by atoms with E-state index >= 15 is 0 Å². The van der Waals surface area contributed by atoms with Crippen molar-refractivity contribution >= 4 is 17.5 Å². The highest BCUT2D eigenvalue weighted by Gasteiger charge is 2.43. The minimum atomic E-state index is -1.14. The fourth-order valence-corrected chi connectivity index (χ4v) is 2.00. The number of carbonyl (C=O) groups excluding carboxylic acids is 3. The van der Waals surface area contributed by atoms with Gasteiger partial charge >= 0.3 is 5.97 Å². The van der Waals surface area contributed by atoms with Gasteiger partial charge in [0.15, 0.2) is 24.1 Å². The summed E-state index contributed by atoms with van der Waals surface area (Å²) in [5, 5.41) is 0. The second-order valence-corrected chi connectivity index (χ2v) is 3.89. The Morgan fingerprint density at radius 1 is 1.33 bits per heavy atom. The molecule has 0 aromatic carbocycles. The number of Topliss-reactive ketones (excluding diaryl/α,β-unsaturated/α-hetero) is 2. The first-order chi connectivity index (χ1) is 7.20. The fourth-order valence-electron chi connectivity index (χ4n) is 2.00. The van der Waals surface area contributed by atoms with Crippen molar-refractivity contribution in [2.24, 2.45) is 11.8 Å². The third-order valence-electron chi connectivity index (χ3n) is 2.87. The van der Waals surface area contributed by atoms with Crippen molar-refractivity contribution in [1.29, 1.82) is 0 Å². The summed E-state index contributed by atoms with van der Waals surface area (Å²) in [6.07, 6.45) is 6.14. The van der Waals surface area contributed by atoms with Gasteiger partial charge in [-0.1, -0.05) is 12.2 Å². The minimum Gasteiger partial charge on any atom is -0.457 e. The number of ether oxygens (including phenoxy) is 1. The highest BCUT2D eigenvalue weighted by atomic mass is 16.5. The molecule has 2 rings (SSSR count). The number of allylic oxidation sites excluding steroid dienone is 2. The van der Waals surface area contributed by atoms with Crippen molar-refractivity contribution in [1.82, 2.24) is 0 Å². The number of hydrogen-bond acceptors (Lipinski definition) is 4. The molecule has 2 unspecified atom stereocenters. The highest BCUT2D eigenvalue weighted by Crippen LogP contribution is 2.25. The van der Waals surface area contributed by atoms with Crippen LogP contribution < -0.4 is 0 Å². The Bertz CT molecular complexity index is 326. The van der Waals surface area contributed by atoms with Gasteiger partial charge in [-0.3, -0.25) is 14.4 Å². The van der Waals surface area contributed by atoms with Gasteiger partial charge in [-0.15, -0.1) is 0 Å². The number of cyclic esters (lactones) is 1. The Labute approximate surface area is 87.3 Å². The van der Waals surface area contributed by atoms with Crippen LogP contribution in [0, 0.1) is 11.8 Å². The molecular formula is C11H12O4. The molecule has 1 heterocycles. The van der Waals surface area contributed by atoms with E-state index in [1.54, 1.807) is 0 Å². The first kappa shape index (κ1) is 10.1. The Morgan fingerprint density at radius 3 is 2.67 bits per heavy atom. The van der Waals surface area contributed by atoms with Gasteiger partial charge in [0.1, 0.15) is 0 Å². The molecule has 15 heavy (non-hydrogen) atoms. The molecule has 1 saturated heterocycles. The van der Waals surface area contributed by atoms with Crippen molar-refractivity contribution < 1.29 is 19.1 Å².